The summed E-state index contributed by atoms with van der Waals surface area (Å²) < 4.78 is 23.2. The van der Waals surface area contributed by atoms with E-state index in [1.54, 1.807) is 11.8 Å². The van der Waals surface area contributed by atoms with Crippen molar-refractivity contribution in [1.29, 1.82) is 0 Å². The summed E-state index contributed by atoms with van der Waals surface area (Å²) in [5.41, 5.74) is -0.730. The summed E-state index contributed by atoms with van der Waals surface area (Å²) >= 11 is 0. The Hall–Kier alpha value is -0.660. The molecule has 122 valence electrons. The molecule has 2 rings (SSSR count). The van der Waals surface area contributed by atoms with Gasteiger partial charge < -0.3 is 10.0 Å². The van der Waals surface area contributed by atoms with E-state index in [1.165, 1.54) is 0 Å². The minimum Gasteiger partial charge on any atom is -0.389 e. The zero-order valence-corrected chi connectivity index (χ0v) is 13.7. The molecule has 1 N–H and O–H groups in total. The van der Waals surface area contributed by atoms with Gasteiger partial charge in [-0.2, -0.15) is 0 Å². The molecule has 2 fully saturated rings. The van der Waals surface area contributed by atoms with E-state index in [1.807, 2.05) is 11.8 Å². The van der Waals surface area contributed by atoms with Gasteiger partial charge in [0.05, 0.1) is 23.7 Å². The number of aliphatic hydroxyl groups is 1. The van der Waals surface area contributed by atoms with Crippen LogP contribution in [0.4, 0.5) is 0 Å². The number of hydrogen-bond acceptors (Lipinski definition) is 5. The van der Waals surface area contributed by atoms with E-state index in [-0.39, 0.29) is 30.0 Å². The molecule has 0 aliphatic carbocycles. The third kappa shape index (κ3) is 4.40. The SMILES string of the molecule is CCN(C(=O)CN1CCCC(C)(O)C1)C1CCS(=O)(=O)C1. The Bertz CT molecular complexity index is 489. The Labute approximate surface area is 127 Å². The van der Waals surface area contributed by atoms with Crippen LogP contribution in [0, 0.1) is 0 Å². The second kappa shape index (κ2) is 6.22. The number of β-amino-alcohol motifs (C(OH)–C–C–N with tert-alkyl or cyclic N) is 1. The Kier molecular flexibility index (Phi) is 4.95. The number of amides is 1. The van der Waals surface area contributed by atoms with Gasteiger partial charge in [-0.15, -0.1) is 0 Å². The van der Waals surface area contributed by atoms with Crippen LogP contribution in [0.3, 0.4) is 0 Å². The number of likely N-dealkylation sites (tertiary alicyclic amines) is 1. The molecular weight excluding hydrogens is 292 g/mol. The number of rotatable bonds is 4. The Morgan fingerprint density at radius 2 is 2.19 bits per heavy atom. The molecule has 2 saturated heterocycles. The second-order valence-electron chi connectivity index (χ2n) is 6.55. The summed E-state index contributed by atoms with van der Waals surface area (Å²) in [6.45, 7) is 5.78. The van der Waals surface area contributed by atoms with Gasteiger partial charge in [0.1, 0.15) is 0 Å². The largest absolute Gasteiger partial charge is 0.389 e. The molecule has 2 unspecified atom stereocenters. The predicted molar refractivity (Wildman–Crippen MR) is 80.7 cm³/mol. The summed E-state index contributed by atoms with van der Waals surface area (Å²) in [5, 5.41) is 10.1. The van der Waals surface area contributed by atoms with Crippen molar-refractivity contribution < 1.29 is 18.3 Å². The highest BCUT2D eigenvalue weighted by atomic mass is 32.2. The molecule has 0 saturated carbocycles. The van der Waals surface area contributed by atoms with E-state index in [0.29, 0.717) is 19.5 Å². The zero-order valence-electron chi connectivity index (χ0n) is 12.9. The van der Waals surface area contributed by atoms with Crippen molar-refractivity contribution in [2.24, 2.45) is 0 Å². The van der Waals surface area contributed by atoms with Crippen molar-refractivity contribution in [3.05, 3.63) is 0 Å². The summed E-state index contributed by atoms with van der Waals surface area (Å²) in [6, 6.07) is -0.183. The Balaban J connectivity index is 1.94. The quantitative estimate of drug-likeness (QED) is 0.781. The van der Waals surface area contributed by atoms with Crippen LogP contribution >= 0.6 is 0 Å². The fourth-order valence-electron chi connectivity index (χ4n) is 3.40. The average Bonchev–Trinajstić information content (AvgIpc) is 2.69. The molecule has 0 bridgehead atoms. The lowest BCUT2D eigenvalue weighted by molar-refractivity contribution is -0.135. The summed E-state index contributed by atoms with van der Waals surface area (Å²) in [7, 11) is -2.98. The minimum atomic E-state index is -2.98. The van der Waals surface area contributed by atoms with Crippen LogP contribution in [0.25, 0.3) is 0 Å². The molecule has 2 heterocycles. The first-order valence-corrected chi connectivity index (χ1v) is 9.49. The third-order valence-corrected chi connectivity index (χ3v) is 6.17. The normalized spacial score (nSPS) is 33.0. The maximum atomic E-state index is 12.5. The van der Waals surface area contributed by atoms with Gasteiger partial charge >= 0.3 is 0 Å². The molecule has 1 amide bonds. The lowest BCUT2D eigenvalue weighted by Crippen LogP contribution is -2.51. The average molecular weight is 318 g/mol. The number of likely N-dealkylation sites (N-methyl/N-ethyl adjacent to an activating group) is 1. The minimum absolute atomic E-state index is 0.0303. The van der Waals surface area contributed by atoms with Gasteiger partial charge in [-0.05, 0) is 39.7 Å². The molecule has 0 aromatic rings. The van der Waals surface area contributed by atoms with Gasteiger partial charge in [0.25, 0.3) is 0 Å². The van der Waals surface area contributed by atoms with Crippen molar-refractivity contribution in [2.45, 2.75) is 44.8 Å². The van der Waals surface area contributed by atoms with Crippen LogP contribution in [0.2, 0.25) is 0 Å². The molecule has 0 aromatic carbocycles. The van der Waals surface area contributed by atoms with Gasteiger partial charge in [-0.3, -0.25) is 9.69 Å². The van der Waals surface area contributed by atoms with Crippen LogP contribution in [-0.2, 0) is 14.6 Å². The molecule has 0 radical (unpaired) electrons. The first-order valence-electron chi connectivity index (χ1n) is 7.67. The number of piperidine rings is 1. The van der Waals surface area contributed by atoms with Crippen LogP contribution in [0.5, 0.6) is 0 Å². The summed E-state index contributed by atoms with van der Waals surface area (Å²) in [4.78, 5) is 16.1. The molecular formula is C14H26N2O4S. The van der Waals surface area contributed by atoms with Crippen molar-refractivity contribution >= 4 is 15.7 Å². The van der Waals surface area contributed by atoms with E-state index >= 15 is 0 Å². The van der Waals surface area contributed by atoms with E-state index in [2.05, 4.69) is 0 Å². The first-order chi connectivity index (χ1) is 9.72. The summed E-state index contributed by atoms with van der Waals surface area (Å²) in [6.07, 6.45) is 2.18. The second-order valence-corrected chi connectivity index (χ2v) is 8.78. The van der Waals surface area contributed by atoms with Gasteiger partial charge in [0, 0.05) is 19.1 Å². The Morgan fingerprint density at radius 1 is 1.48 bits per heavy atom. The van der Waals surface area contributed by atoms with Gasteiger partial charge in [0.15, 0.2) is 9.84 Å². The number of hydrogen-bond donors (Lipinski definition) is 1. The van der Waals surface area contributed by atoms with E-state index in [9.17, 15) is 18.3 Å². The van der Waals surface area contributed by atoms with E-state index in [0.717, 1.165) is 19.4 Å². The fourth-order valence-corrected chi connectivity index (χ4v) is 5.13. The highest BCUT2D eigenvalue weighted by Gasteiger charge is 2.35. The van der Waals surface area contributed by atoms with Crippen molar-refractivity contribution in [3.8, 4) is 0 Å². The van der Waals surface area contributed by atoms with Crippen LogP contribution in [-0.4, -0.2) is 78.6 Å². The summed E-state index contributed by atoms with van der Waals surface area (Å²) in [5.74, 6) is 0.238. The van der Waals surface area contributed by atoms with Crippen molar-refractivity contribution in [3.63, 3.8) is 0 Å². The monoisotopic (exact) mass is 318 g/mol. The molecule has 0 spiro atoms. The lowest BCUT2D eigenvalue weighted by Gasteiger charge is -2.38. The van der Waals surface area contributed by atoms with Crippen LogP contribution in [0.15, 0.2) is 0 Å². The van der Waals surface area contributed by atoms with Crippen LogP contribution in [0.1, 0.15) is 33.1 Å². The number of nitrogens with zero attached hydrogens (tertiary/aromatic N) is 2. The van der Waals surface area contributed by atoms with Crippen LogP contribution < -0.4 is 0 Å². The molecule has 0 aromatic heterocycles. The predicted octanol–water partition coefficient (Wildman–Crippen LogP) is -0.131. The maximum absolute atomic E-state index is 12.5. The highest BCUT2D eigenvalue weighted by molar-refractivity contribution is 7.91. The van der Waals surface area contributed by atoms with Crippen molar-refractivity contribution in [1.82, 2.24) is 9.80 Å². The number of sulfone groups is 1. The highest BCUT2D eigenvalue weighted by Crippen LogP contribution is 2.21. The maximum Gasteiger partial charge on any atom is 0.237 e. The number of carbonyl (C=O) groups is 1. The fraction of sp³-hybridized carbons (Fsp3) is 0.929. The topological polar surface area (TPSA) is 77.9 Å². The first kappa shape index (κ1) is 16.7. The molecule has 2 aliphatic rings. The molecule has 6 nitrogen and oxygen atoms in total. The number of carbonyl (C=O) groups excluding carboxylic acids is 1. The standard InChI is InChI=1S/C14H26N2O4S/c1-3-16(12-5-8-21(19,20)10-12)13(17)9-15-7-4-6-14(2,18)11-15/h12,18H,3-11H2,1-2H3. The lowest BCUT2D eigenvalue weighted by atomic mass is 9.95. The van der Waals surface area contributed by atoms with Gasteiger partial charge in [-0.1, -0.05) is 0 Å². The zero-order chi connectivity index (χ0) is 15.7. The Morgan fingerprint density at radius 3 is 2.71 bits per heavy atom. The molecule has 7 heteroatoms. The third-order valence-electron chi connectivity index (χ3n) is 4.42. The van der Waals surface area contributed by atoms with Crippen molar-refractivity contribution in [2.75, 3.05) is 37.7 Å². The van der Waals surface area contributed by atoms with Gasteiger partial charge in [-0.25, -0.2) is 8.42 Å². The molecule has 2 aliphatic heterocycles. The smallest absolute Gasteiger partial charge is 0.237 e. The molecule has 21 heavy (non-hydrogen) atoms. The van der Waals surface area contributed by atoms with E-state index in [4.69, 9.17) is 0 Å². The van der Waals surface area contributed by atoms with Gasteiger partial charge in [0.2, 0.25) is 5.91 Å². The van der Waals surface area contributed by atoms with E-state index < -0.39 is 15.4 Å². The molecule has 2 atom stereocenters.